The molecule has 116 valence electrons. The smallest absolute Gasteiger partial charge is 0.243 e. The SMILES string of the molecule is COC1CNC(c2nc(C3CN4CCCC4CO3)no2)C1. The summed E-state index contributed by atoms with van der Waals surface area (Å²) < 4.78 is 16.7. The van der Waals surface area contributed by atoms with Gasteiger partial charge < -0.3 is 19.3 Å². The minimum atomic E-state index is -0.0588. The van der Waals surface area contributed by atoms with E-state index in [1.54, 1.807) is 7.11 Å². The fourth-order valence-electron chi connectivity index (χ4n) is 3.56. The van der Waals surface area contributed by atoms with Gasteiger partial charge in [0.1, 0.15) is 6.10 Å². The molecule has 3 aliphatic rings. The first-order valence-corrected chi connectivity index (χ1v) is 7.79. The zero-order valence-electron chi connectivity index (χ0n) is 12.3. The van der Waals surface area contributed by atoms with E-state index in [1.807, 2.05) is 0 Å². The molecule has 0 aromatic carbocycles. The maximum absolute atomic E-state index is 5.92. The van der Waals surface area contributed by atoms with E-state index in [9.17, 15) is 0 Å². The molecular formula is C14H22N4O3. The number of morpholine rings is 1. The summed E-state index contributed by atoms with van der Waals surface area (Å²) in [5.74, 6) is 1.33. The molecule has 4 heterocycles. The third-order valence-corrected chi connectivity index (χ3v) is 4.86. The van der Waals surface area contributed by atoms with E-state index < -0.39 is 0 Å². The van der Waals surface area contributed by atoms with Crippen LogP contribution in [0.25, 0.3) is 0 Å². The first-order chi connectivity index (χ1) is 10.3. The van der Waals surface area contributed by atoms with Gasteiger partial charge in [0.05, 0.1) is 18.8 Å². The van der Waals surface area contributed by atoms with Gasteiger partial charge in [-0.25, -0.2) is 0 Å². The van der Waals surface area contributed by atoms with Crippen LogP contribution in [0.3, 0.4) is 0 Å². The summed E-state index contributed by atoms with van der Waals surface area (Å²) >= 11 is 0. The van der Waals surface area contributed by atoms with Gasteiger partial charge in [-0.1, -0.05) is 5.16 Å². The highest BCUT2D eigenvalue weighted by molar-refractivity contribution is 5.01. The van der Waals surface area contributed by atoms with Crippen molar-refractivity contribution in [1.82, 2.24) is 20.4 Å². The minimum Gasteiger partial charge on any atom is -0.380 e. The average molecular weight is 294 g/mol. The van der Waals surface area contributed by atoms with E-state index in [4.69, 9.17) is 14.0 Å². The fourth-order valence-corrected chi connectivity index (χ4v) is 3.56. The van der Waals surface area contributed by atoms with Gasteiger partial charge in [-0.15, -0.1) is 0 Å². The van der Waals surface area contributed by atoms with Crippen LogP contribution < -0.4 is 5.32 Å². The monoisotopic (exact) mass is 294 g/mol. The Bertz CT molecular complexity index is 494. The Morgan fingerprint density at radius 3 is 3.24 bits per heavy atom. The lowest BCUT2D eigenvalue weighted by atomic mass is 10.2. The van der Waals surface area contributed by atoms with E-state index >= 15 is 0 Å². The number of nitrogens with zero attached hydrogens (tertiary/aromatic N) is 3. The molecule has 1 aromatic heterocycles. The van der Waals surface area contributed by atoms with E-state index in [2.05, 4.69) is 20.4 Å². The van der Waals surface area contributed by atoms with Crippen molar-refractivity contribution in [3.05, 3.63) is 11.7 Å². The molecule has 1 aromatic rings. The Kier molecular flexibility index (Phi) is 3.66. The van der Waals surface area contributed by atoms with Crippen LogP contribution in [0.5, 0.6) is 0 Å². The van der Waals surface area contributed by atoms with E-state index in [0.717, 1.165) is 32.7 Å². The Morgan fingerprint density at radius 2 is 2.38 bits per heavy atom. The molecule has 4 atom stereocenters. The summed E-state index contributed by atoms with van der Waals surface area (Å²) in [5.41, 5.74) is 0. The van der Waals surface area contributed by atoms with Crippen molar-refractivity contribution in [1.29, 1.82) is 0 Å². The molecule has 0 amide bonds. The van der Waals surface area contributed by atoms with Gasteiger partial charge in [0, 0.05) is 26.2 Å². The van der Waals surface area contributed by atoms with Crippen LogP contribution in [-0.4, -0.2) is 60.5 Å². The summed E-state index contributed by atoms with van der Waals surface area (Å²) in [6, 6.07) is 0.686. The van der Waals surface area contributed by atoms with Crippen molar-refractivity contribution in [3.8, 4) is 0 Å². The van der Waals surface area contributed by atoms with E-state index in [0.29, 0.717) is 17.8 Å². The molecule has 7 nitrogen and oxygen atoms in total. The Morgan fingerprint density at radius 1 is 1.43 bits per heavy atom. The highest BCUT2D eigenvalue weighted by Gasteiger charge is 2.36. The minimum absolute atomic E-state index is 0.0588. The zero-order valence-corrected chi connectivity index (χ0v) is 12.3. The molecule has 7 heteroatoms. The molecule has 3 aliphatic heterocycles. The first kappa shape index (κ1) is 13.6. The summed E-state index contributed by atoms with van der Waals surface area (Å²) in [6.07, 6.45) is 3.55. The van der Waals surface area contributed by atoms with Gasteiger partial charge >= 0.3 is 0 Å². The molecule has 3 saturated heterocycles. The van der Waals surface area contributed by atoms with Crippen LogP contribution >= 0.6 is 0 Å². The normalized spacial score (nSPS) is 37.0. The molecule has 4 unspecified atom stereocenters. The number of aromatic nitrogens is 2. The maximum atomic E-state index is 5.92. The van der Waals surface area contributed by atoms with E-state index in [1.165, 1.54) is 12.8 Å². The number of methoxy groups -OCH3 is 1. The predicted molar refractivity (Wildman–Crippen MR) is 73.7 cm³/mol. The molecule has 0 bridgehead atoms. The molecular weight excluding hydrogens is 272 g/mol. The van der Waals surface area contributed by atoms with E-state index in [-0.39, 0.29) is 18.2 Å². The van der Waals surface area contributed by atoms with Crippen molar-refractivity contribution < 1.29 is 14.0 Å². The topological polar surface area (TPSA) is 72.7 Å². The second-order valence-electron chi connectivity index (χ2n) is 6.16. The first-order valence-electron chi connectivity index (χ1n) is 7.79. The average Bonchev–Trinajstić information content (AvgIpc) is 3.24. The quantitative estimate of drug-likeness (QED) is 0.877. The van der Waals surface area contributed by atoms with Crippen LogP contribution in [-0.2, 0) is 9.47 Å². The van der Waals surface area contributed by atoms with Gasteiger partial charge in [0.2, 0.25) is 11.7 Å². The molecule has 0 radical (unpaired) electrons. The molecule has 1 N–H and O–H groups in total. The van der Waals surface area contributed by atoms with Gasteiger partial charge in [0.25, 0.3) is 0 Å². The number of hydrogen-bond donors (Lipinski definition) is 1. The summed E-state index contributed by atoms with van der Waals surface area (Å²) in [7, 11) is 1.73. The fraction of sp³-hybridized carbons (Fsp3) is 0.857. The summed E-state index contributed by atoms with van der Waals surface area (Å²) in [5, 5.41) is 7.49. The Balaban J connectivity index is 1.42. The highest BCUT2D eigenvalue weighted by Crippen LogP contribution is 2.30. The highest BCUT2D eigenvalue weighted by atomic mass is 16.5. The van der Waals surface area contributed by atoms with Gasteiger partial charge in [-0.3, -0.25) is 4.90 Å². The molecule has 21 heavy (non-hydrogen) atoms. The molecule has 0 aliphatic carbocycles. The number of hydrogen-bond acceptors (Lipinski definition) is 7. The molecule has 0 saturated carbocycles. The Hall–Kier alpha value is -1.02. The lowest BCUT2D eigenvalue weighted by molar-refractivity contribution is -0.0548. The standard InChI is InChI=1S/C14H22N4O3/c1-19-10-5-11(15-6-10)14-16-13(17-21-14)12-7-18-4-2-3-9(18)8-20-12/h9-12,15H,2-8H2,1H3. The number of fused-ring (bicyclic) bond motifs is 1. The van der Waals surface area contributed by atoms with Crippen LogP contribution in [0.2, 0.25) is 0 Å². The zero-order chi connectivity index (χ0) is 14.2. The van der Waals surface area contributed by atoms with Crippen LogP contribution in [0.15, 0.2) is 4.52 Å². The lowest BCUT2D eigenvalue weighted by Gasteiger charge is -2.33. The summed E-state index contributed by atoms with van der Waals surface area (Å²) in [6.45, 7) is 3.65. The largest absolute Gasteiger partial charge is 0.380 e. The third kappa shape index (κ3) is 2.59. The van der Waals surface area contributed by atoms with Crippen LogP contribution in [0, 0.1) is 0 Å². The van der Waals surface area contributed by atoms with Crippen LogP contribution in [0.1, 0.15) is 43.1 Å². The van der Waals surface area contributed by atoms with Gasteiger partial charge in [-0.2, -0.15) is 4.98 Å². The number of rotatable bonds is 3. The lowest BCUT2D eigenvalue weighted by Crippen LogP contribution is -2.42. The second-order valence-corrected chi connectivity index (χ2v) is 6.16. The molecule has 3 fully saturated rings. The molecule has 4 rings (SSSR count). The third-order valence-electron chi connectivity index (χ3n) is 4.86. The van der Waals surface area contributed by atoms with Crippen molar-refractivity contribution >= 4 is 0 Å². The Labute approximate surface area is 124 Å². The second kappa shape index (κ2) is 5.64. The van der Waals surface area contributed by atoms with Crippen molar-refractivity contribution in [2.45, 2.75) is 43.6 Å². The van der Waals surface area contributed by atoms with Crippen molar-refractivity contribution in [2.75, 3.05) is 33.4 Å². The molecule has 0 spiro atoms. The number of nitrogens with one attached hydrogen (secondary N) is 1. The maximum Gasteiger partial charge on any atom is 0.243 e. The van der Waals surface area contributed by atoms with Crippen molar-refractivity contribution in [3.63, 3.8) is 0 Å². The number of ether oxygens (including phenoxy) is 2. The van der Waals surface area contributed by atoms with Gasteiger partial charge in [-0.05, 0) is 25.8 Å². The van der Waals surface area contributed by atoms with Crippen LogP contribution in [0.4, 0.5) is 0 Å². The van der Waals surface area contributed by atoms with Crippen molar-refractivity contribution in [2.24, 2.45) is 0 Å². The predicted octanol–water partition coefficient (Wildman–Crippen LogP) is 0.655. The summed E-state index contributed by atoms with van der Waals surface area (Å²) in [4.78, 5) is 7.04. The van der Waals surface area contributed by atoms with Gasteiger partial charge in [0.15, 0.2) is 0 Å².